The topological polar surface area (TPSA) is 23.6 Å². The van der Waals surface area contributed by atoms with E-state index in [4.69, 9.17) is 0 Å². The number of alkyl halides is 1. The van der Waals surface area contributed by atoms with Crippen molar-refractivity contribution < 1.29 is 4.79 Å². The van der Waals surface area contributed by atoms with Crippen LogP contribution < -0.4 is 0 Å². The van der Waals surface area contributed by atoms with E-state index in [1.807, 2.05) is 0 Å². The summed E-state index contributed by atoms with van der Waals surface area (Å²) in [5.41, 5.74) is 0. The molecule has 0 N–H and O–H groups in total. The molecule has 3 nitrogen and oxygen atoms in total. The summed E-state index contributed by atoms with van der Waals surface area (Å²) in [4.78, 5) is 16.9. The van der Waals surface area contributed by atoms with Gasteiger partial charge in [0, 0.05) is 25.7 Å². The molecule has 1 amide bonds. The van der Waals surface area contributed by atoms with Crippen LogP contribution >= 0.6 is 15.9 Å². The molecule has 2 aliphatic rings. The SMILES string of the molecule is CC(C)C(Br)C(=O)N1CCN2CCCCC2C1. The summed E-state index contributed by atoms with van der Waals surface area (Å²) >= 11 is 3.53. The minimum Gasteiger partial charge on any atom is -0.339 e. The molecule has 2 rings (SSSR count). The second-order valence-electron chi connectivity index (χ2n) is 5.62. The maximum Gasteiger partial charge on any atom is 0.236 e. The van der Waals surface area contributed by atoms with Gasteiger partial charge in [0.15, 0.2) is 0 Å². The minimum absolute atomic E-state index is 0.0161. The van der Waals surface area contributed by atoms with Gasteiger partial charge in [0.25, 0.3) is 0 Å². The zero-order valence-corrected chi connectivity index (χ0v) is 12.4. The van der Waals surface area contributed by atoms with Crippen LogP contribution in [0.4, 0.5) is 0 Å². The van der Waals surface area contributed by atoms with Crippen LogP contribution in [0.15, 0.2) is 0 Å². The highest BCUT2D eigenvalue weighted by molar-refractivity contribution is 9.10. The van der Waals surface area contributed by atoms with Crippen molar-refractivity contribution >= 4 is 21.8 Å². The van der Waals surface area contributed by atoms with E-state index < -0.39 is 0 Å². The van der Waals surface area contributed by atoms with Crippen molar-refractivity contribution in [2.75, 3.05) is 26.2 Å². The van der Waals surface area contributed by atoms with E-state index in [2.05, 4.69) is 39.6 Å². The van der Waals surface area contributed by atoms with Crippen LogP contribution in [0.25, 0.3) is 0 Å². The summed E-state index contributed by atoms with van der Waals surface area (Å²) in [5.74, 6) is 0.650. The normalized spacial score (nSPS) is 28.0. The number of nitrogens with zero attached hydrogens (tertiary/aromatic N) is 2. The first kappa shape index (κ1) is 13.3. The summed E-state index contributed by atoms with van der Waals surface area (Å²) in [6.45, 7) is 8.32. The van der Waals surface area contributed by atoms with Gasteiger partial charge in [-0.05, 0) is 25.3 Å². The van der Waals surface area contributed by atoms with Crippen molar-refractivity contribution in [2.45, 2.75) is 44.0 Å². The van der Waals surface area contributed by atoms with E-state index in [0.717, 1.165) is 19.6 Å². The number of carbonyl (C=O) groups excluding carboxylic acids is 1. The van der Waals surface area contributed by atoms with E-state index in [1.165, 1.54) is 25.8 Å². The van der Waals surface area contributed by atoms with Gasteiger partial charge in [0.2, 0.25) is 5.91 Å². The molecule has 2 saturated heterocycles. The Balaban J connectivity index is 1.93. The van der Waals surface area contributed by atoms with E-state index in [-0.39, 0.29) is 10.7 Å². The number of hydrogen-bond donors (Lipinski definition) is 0. The maximum absolute atomic E-state index is 12.3. The Kier molecular flexibility index (Phi) is 4.47. The van der Waals surface area contributed by atoms with E-state index in [1.54, 1.807) is 0 Å². The van der Waals surface area contributed by atoms with Crippen LogP contribution in [0, 0.1) is 5.92 Å². The third-order valence-corrected chi connectivity index (χ3v) is 5.42. The number of amides is 1. The first-order valence-corrected chi connectivity index (χ1v) is 7.68. The fourth-order valence-corrected chi connectivity index (χ4v) is 3.11. The molecule has 2 heterocycles. The fourth-order valence-electron chi connectivity index (χ4n) is 2.82. The van der Waals surface area contributed by atoms with E-state index in [0.29, 0.717) is 12.0 Å². The van der Waals surface area contributed by atoms with E-state index in [9.17, 15) is 4.79 Å². The Morgan fingerprint density at radius 2 is 2.00 bits per heavy atom. The van der Waals surface area contributed by atoms with Crippen molar-refractivity contribution in [3.05, 3.63) is 0 Å². The van der Waals surface area contributed by atoms with Gasteiger partial charge in [-0.2, -0.15) is 0 Å². The Morgan fingerprint density at radius 3 is 2.71 bits per heavy atom. The Bertz CT molecular complexity index is 283. The molecule has 0 aromatic heterocycles. The Hall–Kier alpha value is -0.0900. The second-order valence-corrected chi connectivity index (χ2v) is 6.60. The molecule has 2 aliphatic heterocycles. The zero-order valence-electron chi connectivity index (χ0n) is 10.9. The minimum atomic E-state index is -0.0161. The molecule has 0 bridgehead atoms. The predicted molar refractivity (Wildman–Crippen MR) is 73.3 cm³/mol. The molecule has 2 unspecified atom stereocenters. The molecule has 0 spiro atoms. The molecule has 0 aromatic carbocycles. The summed E-state index contributed by atoms with van der Waals surface area (Å²) in [6, 6.07) is 0.619. The number of rotatable bonds is 2. The number of hydrogen-bond acceptors (Lipinski definition) is 2. The molecule has 2 fully saturated rings. The number of fused-ring (bicyclic) bond motifs is 1. The van der Waals surface area contributed by atoms with Crippen LogP contribution in [-0.2, 0) is 4.79 Å². The molecule has 98 valence electrons. The summed E-state index contributed by atoms with van der Waals surface area (Å²) in [7, 11) is 0. The molecule has 4 heteroatoms. The monoisotopic (exact) mass is 302 g/mol. The molecule has 2 atom stereocenters. The summed E-state index contributed by atoms with van der Waals surface area (Å²) < 4.78 is 0. The van der Waals surface area contributed by atoms with Crippen LogP contribution in [-0.4, -0.2) is 52.8 Å². The average molecular weight is 303 g/mol. The lowest BCUT2D eigenvalue weighted by Crippen LogP contribution is -2.57. The van der Waals surface area contributed by atoms with Gasteiger partial charge in [-0.3, -0.25) is 9.69 Å². The Labute approximate surface area is 113 Å². The first-order valence-electron chi connectivity index (χ1n) is 6.76. The molecule has 0 aromatic rings. The van der Waals surface area contributed by atoms with Crippen LogP contribution in [0.5, 0.6) is 0 Å². The van der Waals surface area contributed by atoms with Crippen molar-refractivity contribution in [1.82, 2.24) is 9.80 Å². The third kappa shape index (κ3) is 3.02. The molecule has 0 saturated carbocycles. The summed E-state index contributed by atoms with van der Waals surface area (Å²) in [5, 5.41) is 0. The Morgan fingerprint density at radius 1 is 1.24 bits per heavy atom. The molecular formula is C13H23BrN2O. The highest BCUT2D eigenvalue weighted by atomic mass is 79.9. The lowest BCUT2D eigenvalue weighted by Gasteiger charge is -2.44. The quantitative estimate of drug-likeness (QED) is 0.730. The summed E-state index contributed by atoms with van der Waals surface area (Å²) in [6.07, 6.45) is 3.92. The number of carbonyl (C=O) groups is 1. The van der Waals surface area contributed by atoms with Gasteiger partial charge in [-0.1, -0.05) is 36.2 Å². The number of piperazine rings is 1. The first-order chi connectivity index (χ1) is 8.09. The van der Waals surface area contributed by atoms with Gasteiger partial charge in [-0.25, -0.2) is 0 Å². The lowest BCUT2D eigenvalue weighted by molar-refractivity contribution is -0.134. The molecule has 0 aliphatic carbocycles. The van der Waals surface area contributed by atoms with E-state index >= 15 is 0 Å². The van der Waals surface area contributed by atoms with Crippen molar-refractivity contribution in [3.63, 3.8) is 0 Å². The van der Waals surface area contributed by atoms with Crippen LogP contribution in [0.2, 0.25) is 0 Å². The van der Waals surface area contributed by atoms with Crippen LogP contribution in [0.1, 0.15) is 33.1 Å². The van der Waals surface area contributed by atoms with Crippen molar-refractivity contribution in [3.8, 4) is 0 Å². The van der Waals surface area contributed by atoms with Crippen molar-refractivity contribution in [2.24, 2.45) is 5.92 Å². The maximum atomic E-state index is 12.3. The largest absolute Gasteiger partial charge is 0.339 e. The third-order valence-electron chi connectivity index (χ3n) is 3.97. The predicted octanol–water partition coefficient (Wildman–Crippen LogP) is 2.10. The van der Waals surface area contributed by atoms with Gasteiger partial charge in [-0.15, -0.1) is 0 Å². The van der Waals surface area contributed by atoms with Gasteiger partial charge < -0.3 is 4.90 Å². The zero-order chi connectivity index (χ0) is 12.4. The van der Waals surface area contributed by atoms with Gasteiger partial charge in [0.05, 0.1) is 4.83 Å². The highest BCUT2D eigenvalue weighted by Crippen LogP contribution is 2.23. The van der Waals surface area contributed by atoms with Gasteiger partial charge >= 0.3 is 0 Å². The second kappa shape index (κ2) is 5.70. The average Bonchev–Trinajstić information content (AvgIpc) is 2.36. The smallest absolute Gasteiger partial charge is 0.236 e. The highest BCUT2D eigenvalue weighted by Gasteiger charge is 2.33. The number of piperidine rings is 1. The van der Waals surface area contributed by atoms with Crippen LogP contribution in [0.3, 0.4) is 0 Å². The molecular weight excluding hydrogens is 280 g/mol. The van der Waals surface area contributed by atoms with Gasteiger partial charge in [0.1, 0.15) is 0 Å². The fraction of sp³-hybridized carbons (Fsp3) is 0.923. The molecule has 0 radical (unpaired) electrons. The van der Waals surface area contributed by atoms with Crippen molar-refractivity contribution in [1.29, 1.82) is 0 Å². The lowest BCUT2D eigenvalue weighted by atomic mass is 9.99. The molecule has 17 heavy (non-hydrogen) atoms. The number of halogens is 1. The standard InChI is InChI=1S/C13H23BrN2O/c1-10(2)12(14)13(17)16-8-7-15-6-4-3-5-11(15)9-16/h10-12H,3-9H2,1-2H3.